The maximum Gasteiger partial charge on any atom is 0.257 e. The highest BCUT2D eigenvalue weighted by Gasteiger charge is 2.13. The molecule has 0 unspecified atom stereocenters. The van der Waals surface area contributed by atoms with Crippen LogP contribution in [0.5, 0.6) is 0 Å². The van der Waals surface area contributed by atoms with Gasteiger partial charge in [0.2, 0.25) is 5.13 Å². The van der Waals surface area contributed by atoms with Crippen molar-refractivity contribution in [2.75, 3.05) is 5.32 Å². The van der Waals surface area contributed by atoms with Crippen molar-refractivity contribution in [1.29, 1.82) is 0 Å². The third-order valence-corrected chi connectivity index (χ3v) is 4.20. The molecule has 23 heavy (non-hydrogen) atoms. The zero-order valence-electron chi connectivity index (χ0n) is 11.4. The highest BCUT2D eigenvalue weighted by atomic mass is 79.9. The van der Waals surface area contributed by atoms with E-state index in [9.17, 15) is 13.6 Å². The molecular formula is C15H8BrF2N3OS. The van der Waals surface area contributed by atoms with Gasteiger partial charge in [-0.3, -0.25) is 10.1 Å². The van der Waals surface area contributed by atoms with Crippen LogP contribution in [0.3, 0.4) is 0 Å². The number of carbonyl (C=O) groups is 1. The highest BCUT2D eigenvalue weighted by Crippen LogP contribution is 2.22. The fraction of sp³-hybridized carbons (Fsp3) is 0. The molecule has 0 saturated heterocycles. The standard InChI is InChI=1S/C15H8BrF2N3OS/c16-11-6-3-9(7-12(11)18)14(22)20-15-19-13(21-23-15)8-1-4-10(17)5-2-8/h1-7H,(H,19,20,21,22). The molecule has 8 heteroatoms. The Morgan fingerprint density at radius 1 is 1.13 bits per heavy atom. The minimum Gasteiger partial charge on any atom is -0.297 e. The molecule has 3 rings (SSSR count). The number of benzene rings is 2. The summed E-state index contributed by atoms with van der Waals surface area (Å²) in [5.74, 6) is -0.984. The van der Waals surface area contributed by atoms with Crippen LogP contribution >= 0.6 is 27.5 Å². The first-order valence-corrected chi connectivity index (χ1v) is 7.95. The lowest BCUT2D eigenvalue weighted by molar-refractivity contribution is 0.102. The van der Waals surface area contributed by atoms with Crippen molar-refractivity contribution in [2.45, 2.75) is 0 Å². The number of rotatable bonds is 3. The van der Waals surface area contributed by atoms with Crippen molar-refractivity contribution in [3.05, 3.63) is 64.1 Å². The topological polar surface area (TPSA) is 54.9 Å². The first kappa shape index (κ1) is 15.7. The fourth-order valence-electron chi connectivity index (χ4n) is 1.80. The summed E-state index contributed by atoms with van der Waals surface area (Å²) in [6.07, 6.45) is 0. The smallest absolute Gasteiger partial charge is 0.257 e. The van der Waals surface area contributed by atoms with Crippen molar-refractivity contribution in [3.63, 3.8) is 0 Å². The monoisotopic (exact) mass is 395 g/mol. The molecule has 0 aliphatic carbocycles. The van der Waals surface area contributed by atoms with Gasteiger partial charge < -0.3 is 0 Å². The molecule has 1 aromatic heterocycles. The summed E-state index contributed by atoms with van der Waals surface area (Å²) in [6, 6.07) is 9.78. The van der Waals surface area contributed by atoms with Crippen LogP contribution in [0.15, 0.2) is 46.9 Å². The number of aromatic nitrogens is 2. The molecule has 1 heterocycles. The second-order valence-electron chi connectivity index (χ2n) is 4.51. The number of amides is 1. The number of carbonyl (C=O) groups excluding carboxylic acids is 1. The van der Waals surface area contributed by atoms with Crippen molar-refractivity contribution < 1.29 is 13.6 Å². The fourth-order valence-corrected chi connectivity index (χ4v) is 2.63. The van der Waals surface area contributed by atoms with E-state index in [-0.39, 0.29) is 21.0 Å². The van der Waals surface area contributed by atoms with Crippen molar-refractivity contribution in [3.8, 4) is 11.4 Å². The molecular weight excluding hydrogens is 388 g/mol. The third kappa shape index (κ3) is 3.59. The Labute approximate surface area is 142 Å². The summed E-state index contributed by atoms with van der Waals surface area (Å²) in [5, 5.41) is 2.83. The van der Waals surface area contributed by atoms with Crippen LogP contribution in [-0.2, 0) is 0 Å². The minimum absolute atomic E-state index is 0.171. The van der Waals surface area contributed by atoms with Gasteiger partial charge in [0.15, 0.2) is 5.82 Å². The summed E-state index contributed by atoms with van der Waals surface area (Å²) in [4.78, 5) is 16.2. The Morgan fingerprint density at radius 3 is 2.57 bits per heavy atom. The lowest BCUT2D eigenvalue weighted by Gasteiger charge is -2.02. The number of halogens is 3. The van der Waals surface area contributed by atoms with Crippen LogP contribution in [0, 0.1) is 11.6 Å². The molecule has 0 spiro atoms. The van der Waals surface area contributed by atoms with E-state index in [0.717, 1.165) is 17.6 Å². The van der Waals surface area contributed by atoms with Gasteiger partial charge in [-0.15, -0.1) is 0 Å². The summed E-state index contributed by atoms with van der Waals surface area (Å²) >= 11 is 4.01. The van der Waals surface area contributed by atoms with E-state index in [2.05, 4.69) is 30.6 Å². The van der Waals surface area contributed by atoms with E-state index in [1.165, 1.54) is 24.3 Å². The van der Waals surface area contributed by atoms with E-state index < -0.39 is 11.7 Å². The third-order valence-electron chi connectivity index (χ3n) is 2.93. The minimum atomic E-state index is -0.526. The SMILES string of the molecule is O=C(Nc1nc(-c2ccc(F)cc2)ns1)c1ccc(Br)c(F)c1. The predicted molar refractivity (Wildman–Crippen MR) is 87.4 cm³/mol. The van der Waals surface area contributed by atoms with Gasteiger partial charge in [-0.25, -0.2) is 8.78 Å². The maximum atomic E-state index is 13.5. The normalized spacial score (nSPS) is 10.6. The van der Waals surface area contributed by atoms with Crippen molar-refractivity contribution >= 4 is 38.5 Å². The summed E-state index contributed by atoms with van der Waals surface area (Å²) < 4.78 is 30.7. The Balaban J connectivity index is 1.77. The van der Waals surface area contributed by atoms with Crippen molar-refractivity contribution in [2.24, 2.45) is 0 Å². The van der Waals surface area contributed by atoms with Gasteiger partial charge in [-0.2, -0.15) is 9.36 Å². The lowest BCUT2D eigenvalue weighted by atomic mass is 10.2. The Hall–Kier alpha value is -2.19. The molecule has 1 N–H and O–H groups in total. The lowest BCUT2D eigenvalue weighted by Crippen LogP contribution is -2.11. The van der Waals surface area contributed by atoms with Gasteiger partial charge in [0.25, 0.3) is 5.91 Å². The molecule has 116 valence electrons. The van der Waals surface area contributed by atoms with E-state index >= 15 is 0 Å². The zero-order chi connectivity index (χ0) is 16.4. The van der Waals surface area contributed by atoms with Crippen LogP contribution < -0.4 is 5.32 Å². The van der Waals surface area contributed by atoms with Gasteiger partial charge in [0.05, 0.1) is 4.47 Å². The van der Waals surface area contributed by atoms with E-state index in [1.807, 2.05) is 0 Å². The van der Waals surface area contributed by atoms with Crippen LogP contribution in [0.2, 0.25) is 0 Å². The first-order valence-electron chi connectivity index (χ1n) is 6.39. The van der Waals surface area contributed by atoms with Crippen molar-refractivity contribution in [1.82, 2.24) is 9.36 Å². The predicted octanol–water partition coefficient (Wildman–Crippen LogP) is 4.50. The van der Waals surface area contributed by atoms with Gasteiger partial charge in [-0.05, 0) is 58.4 Å². The molecule has 0 bridgehead atoms. The second kappa shape index (κ2) is 6.51. The molecule has 1 amide bonds. The molecule has 0 aliphatic heterocycles. The van der Waals surface area contributed by atoms with E-state index in [4.69, 9.17) is 0 Å². The number of hydrogen-bond donors (Lipinski definition) is 1. The Morgan fingerprint density at radius 2 is 1.87 bits per heavy atom. The van der Waals surface area contributed by atoms with Crippen LogP contribution in [0.4, 0.5) is 13.9 Å². The molecule has 3 aromatic rings. The summed E-state index contributed by atoms with van der Waals surface area (Å²) in [7, 11) is 0. The van der Waals surface area contributed by atoms with Gasteiger partial charge in [-0.1, -0.05) is 0 Å². The Bertz CT molecular complexity index is 867. The average Bonchev–Trinajstić information content (AvgIpc) is 2.99. The molecule has 4 nitrogen and oxygen atoms in total. The summed E-state index contributed by atoms with van der Waals surface area (Å²) in [6.45, 7) is 0. The highest BCUT2D eigenvalue weighted by molar-refractivity contribution is 9.10. The van der Waals surface area contributed by atoms with Crippen LogP contribution in [-0.4, -0.2) is 15.3 Å². The number of nitrogens with zero attached hydrogens (tertiary/aromatic N) is 2. The van der Waals surface area contributed by atoms with Crippen LogP contribution in [0.1, 0.15) is 10.4 Å². The Kier molecular flexibility index (Phi) is 4.44. The van der Waals surface area contributed by atoms with Gasteiger partial charge in [0, 0.05) is 22.7 Å². The number of anilines is 1. The second-order valence-corrected chi connectivity index (χ2v) is 6.12. The molecule has 0 aliphatic rings. The average molecular weight is 396 g/mol. The number of hydrogen-bond acceptors (Lipinski definition) is 4. The molecule has 0 atom stereocenters. The number of nitrogens with one attached hydrogen (secondary N) is 1. The van der Waals surface area contributed by atoms with Crippen LogP contribution in [0.25, 0.3) is 11.4 Å². The van der Waals surface area contributed by atoms with E-state index in [1.54, 1.807) is 12.1 Å². The molecule has 0 fully saturated rings. The van der Waals surface area contributed by atoms with Gasteiger partial charge >= 0.3 is 0 Å². The zero-order valence-corrected chi connectivity index (χ0v) is 13.8. The summed E-state index contributed by atoms with van der Waals surface area (Å²) in [5.41, 5.74) is 0.807. The quantitative estimate of drug-likeness (QED) is 0.710. The largest absolute Gasteiger partial charge is 0.297 e. The maximum absolute atomic E-state index is 13.5. The molecule has 0 radical (unpaired) electrons. The first-order chi connectivity index (χ1) is 11.0. The van der Waals surface area contributed by atoms with Gasteiger partial charge in [0.1, 0.15) is 11.6 Å². The molecule has 2 aromatic carbocycles. The van der Waals surface area contributed by atoms with E-state index in [0.29, 0.717) is 11.4 Å². The molecule has 0 saturated carbocycles.